The van der Waals surface area contributed by atoms with Gasteiger partial charge in [-0.2, -0.15) is 11.3 Å². The van der Waals surface area contributed by atoms with Crippen LogP contribution in [0.5, 0.6) is 5.75 Å². The van der Waals surface area contributed by atoms with Gasteiger partial charge in [0.15, 0.2) is 0 Å². The summed E-state index contributed by atoms with van der Waals surface area (Å²) in [4.78, 5) is 24.3. The van der Waals surface area contributed by atoms with E-state index in [0.29, 0.717) is 29.2 Å². The first-order valence-corrected chi connectivity index (χ1v) is 10.1. The predicted molar refractivity (Wildman–Crippen MR) is 117 cm³/mol. The van der Waals surface area contributed by atoms with Crippen LogP contribution in [0.1, 0.15) is 28.4 Å². The second-order valence-electron chi connectivity index (χ2n) is 6.49. The van der Waals surface area contributed by atoms with E-state index in [1.165, 1.54) is 12.5 Å². The molecule has 0 atom stereocenters. The van der Waals surface area contributed by atoms with Gasteiger partial charge >= 0.3 is 0 Å². The Labute approximate surface area is 173 Å². The highest BCUT2D eigenvalue weighted by atomic mass is 32.1. The molecule has 7 heteroatoms. The largest absolute Gasteiger partial charge is 0.495 e. The van der Waals surface area contributed by atoms with E-state index in [1.807, 2.05) is 29.6 Å². The van der Waals surface area contributed by atoms with Crippen molar-refractivity contribution in [2.45, 2.75) is 20.0 Å². The van der Waals surface area contributed by atoms with E-state index in [4.69, 9.17) is 4.74 Å². The van der Waals surface area contributed by atoms with Gasteiger partial charge < -0.3 is 20.7 Å². The van der Waals surface area contributed by atoms with E-state index in [-0.39, 0.29) is 11.8 Å². The lowest BCUT2D eigenvalue weighted by Crippen LogP contribution is -2.16. The standard InChI is InChI=1S/C22H23N3O3S/c1-15(26)24-19-10-17(13-23-12-16-7-8-29-14-16)9-18(11-19)22(27)25-20-5-3-4-6-21(20)28-2/h3-11,14,23H,12-13H2,1-2H3,(H,24,26)(H,25,27). The summed E-state index contributed by atoms with van der Waals surface area (Å²) in [5, 5.41) is 13.1. The van der Waals surface area contributed by atoms with Crippen LogP contribution in [0.15, 0.2) is 59.3 Å². The number of rotatable bonds is 8. The maximum absolute atomic E-state index is 12.8. The lowest BCUT2D eigenvalue weighted by Gasteiger charge is -2.13. The maximum atomic E-state index is 12.8. The Morgan fingerprint density at radius 2 is 1.79 bits per heavy atom. The number of thiophene rings is 1. The first kappa shape index (κ1) is 20.6. The van der Waals surface area contributed by atoms with E-state index in [2.05, 4.69) is 27.4 Å². The van der Waals surface area contributed by atoms with Crippen LogP contribution in [0, 0.1) is 0 Å². The van der Waals surface area contributed by atoms with Gasteiger partial charge in [-0.3, -0.25) is 9.59 Å². The molecular formula is C22H23N3O3S. The van der Waals surface area contributed by atoms with Crippen LogP contribution in [-0.4, -0.2) is 18.9 Å². The second kappa shape index (κ2) is 9.86. The van der Waals surface area contributed by atoms with Crippen LogP contribution in [-0.2, 0) is 17.9 Å². The highest BCUT2D eigenvalue weighted by Gasteiger charge is 2.12. The van der Waals surface area contributed by atoms with Crippen LogP contribution in [0.4, 0.5) is 11.4 Å². The number of carbonyl (C=O) groups excluding carboxylic acids is 2. The summed E-state index contributed by atoms with van der Waals surface area (Å²) in [6.07, 6.45) is 0. The number of anilines is 2. The van der Waals surface area contributed by atoms with Gasteiger partial charge in [0.25, 0.3) is 5.91 Å². The lowest BCUT2D eigenvalue weighted by atomic mass is 10.1. The molecule has 3 rings (SSSR count). The minimum atomic E-state index is -0.277. The Kier molecular flexibility index (Phi) is 6.99. The van der Waals surface area contributed by atoms with E-state index >= 15 is 0 Å². The van der Waals surface area contributed by atoms with Gasteiger partial charge in [0, 0.05) is 31.3 Å². The molecule has 0 fully saturated rings. The molecule has 3 aromatic rings. The van der Waals surface area contributed by atoms with E-state index < -0.39 is 0 Å². The van der Waals surface area contributed by atoms with Crippen molar-refractivity contribution >= 4 is 34.5 Å². The topological polar surface area (TPSA) is 79.5 Å². The van der Waals surface area contributed by atoms with Crippen LogP contribution >= 0.6 is 11.3 Å². The molecule has 0 radical (unpaired) electrons. The number of carbonyl (C=O) groups is 2. The Balaban J connectivity index is 1.78. The van der Waals surface area contributed by atoms with Crippen LogP contribution in [0.2, 0.25) is 0 Å². The molecule has 0 bridgehead atoms. The van der Waals surface area contributed by atoms with E-state index in [9.17, 15) is 9.59 Å². The summed E-state index contributed by atoms with van der Waals surface area (Å²) in [5.41, 5.74) is 3.73. The maximum Gasteiger partial charge on any atom is 0.255 e. The molecular weight excluding hydrogens is 386 g/mol. The highest BCUT2D eigenvalue weighted by Crippen LogP contribution is 2.24. The third-order valence-corrected chi connectivity index (χ3v) is 4.90. The minimum absolute atomic E-state index is 0.190. The summed E-state index contributed by atoms with van der Waals surface area (Å²) < 4.78 is 5.29. The third-order valence-electron chi connectivity index (χ3n) is 4.17. The Morgan fingerprint density at radius 1 is 1.00 bits per heavy atom. The zero-order valence-electron chi connectivity index (χ0n) is 16.3. The van der Waals surface area contributed by atoms with Crippen LogP contribution in [0.25, 0.3) is 0 Å². The van der Waals surface area contributed by atoms with Gasteiger partial charge in [-0.1, -0.05) is 12.1 Å². The zero-order chi connectivity index (χ0) is 20.6. The molecule has 150 valence electrons. The summed E-state index contributed by atoms with van der Waals surface area (Å²) in [7, 11) is 1.56. The van der Waals surface area contributed by atoms with Crippen molar-refractivity contribution in [1.29, 1.82) is 0 Å². The zero-order valence-corrected chi connectivity index (χ0v) is 17.1. The van der Waals surface area contributed by atoms with Crippen molar-refractivity contribution in [2.75, 3.05) is 17.7 Å². The molecule has 29 heavy (non-hydrogen) atoms. The lowest BCUT2D eigenvalue weighted by molar-refractivity contribution is -0.114. The number of ether oxygens (including phenoxy) is 1. The molecule has 3 N–H and O–H groups in total. The molecule has 1 aromatic heterocycles. The van der Waals surface area contributed by atoms with Gasteiger partial charge in [-0.05, 0) is 58.3 Å². The molecule has 1 heterocycles. The Hall–Kier alpha value is -3.16. The number of amides is 2. The number of hydrogen-bond acceptors (Lipinski definition) is 5. The molecule has 0 aliphatic rings. The molecule has 0 saturated heterocycles. The van der Waals surface area contributed by atoms with Gasteiger partial charge in [0.2, 0.25) is 5.91 Å². The van der Waals surface area contributed by atoms with Crippen molar-refractivity contribution in [2.24, 2.45) is 0 Å². The summed E-state index contributed by atoms with van der Waals surface area (Å²) in [5.74, 6) is 0.113. The van der Waals surface area contributed by atoms with Crippen molar-refractivity contribution in [3.05, 3.63) is 76.0 Å². The predicted octanol–water partition coefficient (Wildman–Crippen LogP) is 4.26. The van der Waals surface area contributed by atoms with Crippen LogP contribution in [0.3, 0.4) is 0 Å². The SMILES string of the molecule is COc1ccccc1NC(=O)c1cc(CNCc2ccsc2)cc(NC(C)=O)c1. The molecule has 0 aliphatic carbocycles. The number of para-hydroxylation sites is 2. The van der Waals surface area contributed by atoms with Crippen molar-refractivity contribution < 1.29 is 14.3 Å². The van der Waals surface area contributed by atoms with Gasteiger partial charge in [0.1, 0.15) is 5.75 Å². The average molecular weight is 410 g/mol. The quantitative estimate of drug-likeness (QED) is 0.519. The molecule has 2 aromatic carbocycles. The summed E-state index contributed by atoms with van der Waals surface area (Å²) in [6, 6.07) is 14.6. The van der Waals surface area contributed by atoms with Crippen molar-refractivity contribution in [1.82, 2.24) is 5.32 Å². The smallest absolute Gasteiger partial charge is 0.255 e. The molecule has 0 saturated carbocycles. The fraction of sp³-hybridized carbons (Fsp3) is 0.182. The number of methoxy groups -OCH3 is 1. The van der Waals surface area contributed by atoms with Crippen LogP contribution < -0.4 is 20.7 Å². The fourth-order valence-electron chi connectivity index (χ4n) is 2.89. The van der Waals surface area contributed by atoms with Gasteiger partial charge in [-0.15, -0.1) is 0 Å². The van der Waals surface area contributed by atoms with E-state index in [0.717, 1.165) is 12.1 Å². The first-order chi connectivity index (χ1) is 14.0. The molecule has 0 unspecified atom stereocenters. The average Bonchev–Trinajstić information content (AvgIpc) is 3.21. The number of nitrogens with one attached hydrogen (secondary N) is 3. The third kappa shape index (κ3) is 5.91. The molecule has 6 nitrogen and oxygen atoms in total. The normalized spacial score (nSPS) is 10.4. The molecule has 0 aliphatic heterocycles. The van der Waals surface area contributed by atoms with Gasteiger partial charge in [-0.25, -0.2) is 0 Å². The highest BCUT2D eigenvalue weighted by molar-refractivity contribution is 7.07. The number of hydrogen-bond donors (Lipinski definition) is 3. The fourth-order valence-corrected chi connectivity index (χ4v) is 3.56. The minimum Gasteiger partial charge on any atom is -0.495 e. The number of benzene rings is 2. The first-order valence-electron chi connectivity index (χ1n) is 9.13. The Bertz CT molecular complexity index is 987. The summed E-state index contributed by atoms with van der Waals surface area (Å²) >= 11 is 1.65. The van der Waals surface area contributed by atoms with Crippen molar-refractivity contribution in [3.63, 3.8) is 0 Å². The van der Waals surface area contributed by atoms with Crippen molar-refractivity contribution in [3.8, 4) is 5.75 Å². The second-order valence-corrected chi connectivity index (χ2v) is 7.27. The monoisotopic (exact) mass is 409 g/mol. The Morgan fingerprint density at radius 3 is 2.52 bits per heavy atom. The van der Waals surface area contributed by atoms with Gasteiger partial charge in [0.05, 0.1) is 12.8 Å². The molecule has 2 amide bonds. The summed E-state index contributed by atoms with van der Waals surface area (Å²) in [6.45, 7) is 2.74. The van der Waals surface area contributed by atoms with E-state index in [1.54, 1.807) is 36.6 Å². The molecule has 0 spiro atoms.